The van der Waals surface area contributed by atoms with Crippen molar-refractivity contribution >= 4 is 33.2 Å². The quantitative estimate of drug-likeness (QED) is 0.596. The van der Waals surface area contributed by atoms with Crippen LogP contribution >= 0.6 is 11.6 Å². The Kier molecular flexibility index (Phi) is 7.86. The van der Waals surface area contributed by atoms with Crippen molar-refractivity contribution in [1.82, 2.24) is 5.32 Å². The third-order valence-corrected chi connectivity index (χ3v) is 5.67. The molecule has 0 aromatic heterocycles. The van der Waals surface area contributed by atoms with Crippen LogP contribution in [0.4, 0.5) is 5.69 Å². The third kappa shape index (κ3) is 6.51. The van der Waals surface area contributed by atoms with Crippen molar-refractivity contribution in [2.24, 2.45) is 0 Å². The van der Waals surface area contributed by atoms with Crippen LogP contribution in [-0.2, 0) is 14.8 Å². The number of halogens is 1. The highest BCUT2D eigenvalue weighted by atomic mass is 35.5. The van der Waals surface area contributed by atoms with Crippen LogP contribution in [0, 0.1) is 6.92 Å². The monoisotopic (exact) mass is 424 g/mol. The fourth-order valence-electron chi connectivity index (χ4n) is 2.46. The van der Waals surface area contributed by atoms with Gasteiger partial charge in [0.25, 0.3) is 15.9 Å². The first-order valence-corrected chi connectivity index (χ1v) is 10.8. The lowest BCUT2D eigenvalue weighted by atomic mass is 10.2. The van der Waals surface area contributed by atoms with Crippen LogP contribution < -0.4 is 10.0 Å². The van der Waals surface area contributed by atoms with Gasteiger partial charge in [-0.3, -0.25) is 9.52 Å². The second-order valence-corrected chi connectivity index (χ2v) is 8.71. The molecule has 0 saturated carbocycles. The van der Waals surface area contributed by atoms with Gasteiger partial charge in [0.15, 0.2) is 0 Å². The Morgan fingerprint density at radius 2 is 1.93 bits per heavy atom. The molecule has 1 amide bonds. The highest BCUT2D eigenvalue weighted by molar-refractivity contribution is 7.92. The van der Waals surface area contributed by atoms with E-state index < -0.39 is 10.0 Å². The predicted octanol–water partition coefficient (Wildman–Crippen LogP) is 3.99. The number of ether oxygens (including phenoxy) is 1. The number of rotatable bonds is 9. The van der Waals surface area contributed by atoms with Crippen molar-refractivity contribution in [2.45, 2.75) is 38.2 Å². The van der Waals surface area contributed by atoms with Crippen molar-refractivity contribution in [2.75, 3.05) is 17.9 Å². The topological polar surface area (TPSA) is 84.5 Å². The number of carbonyl (C=O) groups excluding carboxylic acids is 1. The lowest BCUT2D eigenvalue weighted by Crippen LogP contribution is -2.26. The summed E-state index contributed by atoms with van der Waals surface area (Å²) >= 11 is 6.09. The first-order valence-electron chi connectivity index (χ1n) is 8.98. The summed E-state index contributed by atoms with van der Waals surface area (Å²) in [4.78, 5) is 12.2. The molecule has 2 aromatic carbocycles. The third-order valence-electron chi connectivity index (χ3n) is 3.81. The summed E-state index contributed by atoms with van der Waals surface area (Å²) < 4.78 is 33.4. The summed E-state index contributed by atoms with van der Waals surface area (Å²) in [5.41, 5.74) is 1.57. The molecule has 0 saturated heterocycles. The fourth-order valence-corrected chi connectivity index (χ4v) is 4.04. The average Bonchev–Trinajstić information content (AvgIpc) is 2.60. The van der Waals surface area contributed by atoms with E-state index in [1.165, 1.54) is 18.2 Å². The largest absolute Gasteiger partial charge is 0.379 e. The Hall–Kier alpha value is -2.09. The number of nitrogens with one attached hydrogen (secondary N) is 2. The van der Waals surface area contributed by atoms with Crippen molar-refractivity contribution < 1.29 is 17.9 Å². The van der Waals surface area contributed by atoms with Crippen LogP contribution in [-0.4, -0.2) is 33.6 Å². The molecule has 152 valence electrons. The van der Waals surface area contributed by atoms with Gasteiger partial charge < -0.3 is 10.1 Å². The van der Waals surface area contributed by atoms with Crippen LogP contribution in [0.15, 0.2) is 47.4 Å². The van der Waals surface area contributed by atoms with Crippen LogP contribution in [0.1, 0.15) is 36.2 Å². The highest BCUT2D eigenvalue weighted by Gasteiger charge is 2.20. The van der Waals surface area contributed by atoms with Gasteiger partial charge in [-0.05, 0) is 63.1 Å². The second-order valence-electron chi connectivity index (χ2n) is 6.65. The highest BCUT2D eigenvalue weighted by Crippen LogP contribution is 2.25. The van der Waals surface area contributed by atoms with Crippen molar-refractivity contribution in [3.05, 3.63) is 58.6 Å². The standard InChI is InChI=1S/C20H25ClN2O4S/c1-14(2)27-11-5-10-22-20(24)16-8-9-18(21)19(13-16)28(25,26)23-17-7-4-6-15(3)12-17/h4,6-9,12-14,23H,5,10-11H2,1-3H3,(H,22,24). The number of benzene rings is 2. The first kappa shape index (κ1) is 22.2. The summed E-state index contributed by atoms with van der Waals surface area (Å²) in [5, 5.41) is 2.79. The van der Waals surface area contributed by atoms with E-state index in [4.69, 9.17) is 16.3 Å². The van der Waals surface area contributed by atoms with Crippen molar-refractivity contribution in [1.29, 1.82) is 0 Å². The molecule has 0 bridgehead atoms. The minimum absolute atomic E-state index is 0.0436. The van der Waals surface area contributed by atoms with Gasteiger partial charge in [0, 0.05) is 24.4 Å². The van der Waals surface area contributed by atoms with E-state index >= 15 is 0 Å². The summed E-state index contributed by atoms with van der Waals surface area (Å²) in [6, 6.07) is 11.1. The summed E-state index contributed by atoms with van der Waals surface area (Å²) in [7, 11) is -3.94. The zero-order valence-electron chi connectivity index (χ0n) is 16.2. The molecule has 0 atom stereocenters. The number of hydrogen-bond acceptors (Lipinski definition) is 4. The molecule has 0 unspecified atom stereocenters. The number of amides is 1. The number of anilines is 1. The van der Waals surface area contributed by atoms with Gasteiger partial charge in [-0.15, -0.1) is 0 Å². The molecular weight excluding hydrogens is 400 g/mol. The second kappa shape index (κ2) is 9.91. The fraction of sp³-hybridized carbons (Fsp3) is 0.350. The molecule has 2 aromatic rings. The number of carbonyl (C=O) groups is 1. The maximum absolute atomic E-state index is 12.7. The molecule has 0 radical (unpaired) electrons. The predicted molar refractivity (Wildman–Crippen MR) is 111 cm³/mol. The Morgan fingerprint density at radius 3 is 2.61 bits per heavy atom. The minimum Gasteiger partial charge on any atom is -0.379 e. The lowest BCUT2D eigenvalue weighted by Gasteiger charge is -2.12. The number of sulfonamides is 1. The Labute approximate surface area is 171 Å². The van der Waals surface area contributed by atoms with Crippen LogP contribution in [0.5, 0.6) is 0 Å². The summed E-state index contributed by atoms with van der Waals surface area (Å²) in [6.45, 7) is 6.72. The molecule has 2 N–H and O–H groups in total. The van der Waals surface area contributed by atoms with E-state index in [0.717, 1.165) is 5.56 Å². The Morgan fingerprint density at radius 1 is 1.18 bits per heavy atom. The molecule has 0 aliphatic rings. The SMILES string of the molecule is Cc1cccc(NS(=O)(=O)c2cc(C(=O)NCCCOC(C)C)ccc2Cl)c1. The maximum atomic E-state index is 12.7. The van der Waals surface area contributed by atoms with Crippen LogP contribution in [0.2, 0.25) is 5.02 Å². The normalized spacial score (nSPS) is 11.5. The molecule has 0 fully saturated rings. The first-order chi connectivity index (χ1) is 13.2. The van der Waals surface area contributed by atoms with Crippen LogP contribution in [0.25, 0.3) is 0 Å². The zero-order chi connectivity index (χ0) is 20.7. The molecule has 2 rings (SSSR count). The van der Waals surface area contributed by atoms with Gasteiger partial charge in [0.1, 0.15) is 4.90 Å². The van der Waals surface area contributed by atoms with E-state index in [-0.39, 0.29) is 27.5 Å². The Bertz CT molecular complexity index is 930. The molecule has 8 heteroatoms. The van der Waals surface area contributed by atoms with Gasteiger partial charge in [0.05, 0.1) is 11.1 Å². The number of aryl methyl sites for hydroxylation is 1. The van der Waals surface area contributed by atoms with Crippen molar-refractivity contribution in [3.63, 3.8) is 0 Å². The molecule has 0 spiro atoms. The lowest BCUT2D eigenvalue weighted by molar-refractivity contribution is 0.0757. The molecular formula is C20H25ClN2O4S. The minimum atomic E-state index is -3.94. The van der Waals surface area contributed by atoms with Gasteiger partial charge in [-0.2, -0.15) is 0 Å². The van der Waals surface area contributed by atoms with Gasteiger partial charge >= 0.3 is 0 Å². The molecule has 0 heterocycles. The smallest absolute Gasteiger partial charge is 0.263 e. The van der Waals surface area contributed by atoms with Gasteiger partial charge in [-0.1, -0.05) is 23.7 Å². The zero-order valence-corrected chi connectivity index (χ0v) is 17.7. The van der Waals surface area contributed by atoms with E-state index in [1.54, 1.807) is 18.2 Å². The van der Waals surface area contributed by atoms with E-state index in [0.29, 0.717) is 25.3 Å². The molecule has 28 heavy (non-hydrogen) atoms. The van der Waals surface area contributed by atoms with E-state index in [1.807, 2.05) is 26.8 Å². The summed E-state index contributed by atoms with van der Waals surface area (Å²) in [5.74, 6) is -0.367. The van der Waals surface area contributed by atoms with Crippen LogP contribution in [0.3, 0.4) is 0 Å². The van der Waals surface area contributed by atoms with Gasteiger partial charge in [-0.25, -0.2) is 8.42 Å². The molecule has 0 aliphatic carbocycles. The van der Waals surface area contributed by atoms with E-state index in [9.17, 15) is 13.2 Å². The van der Waals surface area contributed by atoms with E-state index in [2.05, 4.69) is 10.0 Å². The molecule has 6 nitrogen and oxygen atoms in total. The average molecular weight is 425 g/mol. The van der Waals surface area contributed by atoms with Crippen molar-refractivity contribution in [3.8, 4) is 0 Å². The molecule has 0 aliphatic heterocycles. The maximum Gasteiger partial charge on any atom is 0.263 e. The number of hydrogen-bond donors (Lipinski definition) is 2. The Balaban J connectivity index is 2.10. The van der Waals surface area contributed by atoms with Gasteiger partial charge in [0.2, 0.25) is 0 Å². The summed E-state index contributed by atoms with van der Waals surface area (Å²) in [6.07, 6.45) is 0.804.